The number of hydrogen-bond acceptors (Lipinski definition) is 2. The molecule has 0 aliphatic carbocycles. The molecule has 1 aromatic carbocycles. The summed E-state index contributed by atoms with van der Waals surface area (Å²) >= 11 is 3.42. The predicted octanol–water partition coefficient (Wildman–Crippen LogP) is 2.62. The Labute approximate surface area is 110 Å². The van der Waals surface area contributed by atoms with E-state index in [1.165, 1.54) is 0 Å². The Morgan fingerprint density at radius 1 is 1.47 bits per heavy atom. The highest BCUT2D eigenvalue weighted by atomic mass is 79.9. The first-order valence-corrected chi connectivity index (χ1v) is 6.53. The van der Waals surface area contributed by atoms with Crippen LogP contribution in [0.5, 0.6) is 0 Å². The Kier molecular flexibility index (Phi) is 3.84. The molecule has 92 valence electrons. The lowest BCUT2D eigenvalue weighted by Crippen LogP contribution is -2.44. The van der Waals surface area contributed by atoms with Gasteiger partial charge < -0.3 is 9.64 Å². The molecule has 17 heavy (non-hydrogen) atoms. The van der Waals surface area contributed by atoms with Crippen LogP contribution in [0.3, 0.4) is 0 Å². The summed E-state index contributed by atoms with van der Waals surface area (Å²) in [5, 5.41) is 0. The molecule has 1 aromatic rings. The van der Waals surface area contributed by atoms with Gasteiger partial charge in [-0.1, -0.05) is 15.9 Å². The molecule has 1 unspecified atom stereocenters. The van der Waals surface area contributed by atoms with Crippen molar-refractivity contribution < 1.29 is 9.53 Å². The first kappa shape index (κ1) is 12.6. The smallest absolute Gasteiger partial charge is 0.254 e. The third-order valence-corrected chi connectivity index (χ3v) is 3.28. The van der Waals surface area contributed by atoms with Gasteiger partial charge in [0.25, 0.3) is 5.91 Å². The lowest BCUT2D eigenvalue weighted by atomic mass is 10.1. The molecule has 0 aromatic heterocycles. The Hall–Kier alpha value is -0.870. The number of hydrogen-bond donors (Lipinski definition) is 0. The van der Waals surface area contributed by atoms with E-state index in [9.17, 15) is 4.79 Å². The average molecular weight is 298 g/mol. The van der Waals surface area contributed by atoms with Crippen molar-refractivity contribution in [2.75, 3.05) is 19.7 Å². The Balaban J connectivity index is 2.18. The molecule has 0 spiro atoms. The fourth-order valence-corrected chi connectivity index (χ4v) is 2.65. The van der Waals surface area contributed by atoms with E-state index < -0.39 is 0 Å². The van der Waals surface area contributed by atoms with Crippen molar-refractivity contribution in [3.05, 3.63) is 33.8 Å². The van der Waals surface area contributed by atoms with Crippen molar-refractivity contribution in [1.82, 2.24) is 4.90 Å². The minimum absolute atomic E-state index is 0.0875. The molecule has 1 aliphatic heterocycles. The molecule has 1 heterocycles. The van der Waals surface area contributed by atoms with Gasteiger partial charge in [0, 0.05) is 23.1 Å². The molecular formula is C13H16BrNO2. The molecule has 1 fully saturated rings. The monoisotopic (exact) mass is 297 g/mol. The number of morpholine rings is 1. The first-order valence-electron chi connectivity index (χ1n) is 5.74. The van der Waals surface area contributed by atoms with E-state index in [1.54, 1.807) is 0 Å². The van der Waals surface area contributed by atoms with Gasteiger partial charge in [0.05, 0.1) is 12.7 Å². The maximum atomic E-state index is 12.3. The van der Waals surface area contributed by atoms with Crippen LogP contribution in [-0.4, -0.2) is 36.6 Å². The van der Waals surface area contributed by atoms with Gasteiger partial charge in [-0.2, -0.15) is 0 Å². The topological polar surface area (TPSA) is 29.5 Å². The van der Waals surface area contributed by atoms with Gasteiger partial charge in [-0.15, -0.1) is 0 Å². The Morgan fingerprint density at radius 3 is 2.88 bits per heavy atom. The molecule has 0 radical (unpaired) electrons. The fraction of sp³-hybridized carbons (Fsp3) is 0.462. The molecule has 0 N–H and O–H groups in total. The SMILES string of the molecule is Cc1cc(Br)cc(C(=O)N2CCOC(C)C2)c1. The third kappa shape index (κ3) is 3.07. The number of carbonyl (C=O) groups excluding carboxylic acids is 1. The second-order valence-corrected chi connectivity index (χ2v) is 5.37. The second kappa shape index (κ2) is 5.19. The largest absolute Gasteiger partial charge is 0.375 e. The van der Waals surface area contributed by atoms with Crippen molar-refractivity contribution in [1.29, 1.82) is 0 Å². The molecule has 0 bridgehead atoms. The third-order valence-electron chi connectivity index (χ3n) is 2.82. The average Bonchev–Trinajstić information content (AvgIpc) is 2.26. The zero-order valence-electron chi connectivity index (χ0n) is 10.1. The van der Waals surface area contributed by atoms with Crippen LogP contribution in [0, 0.1) is 6.92 Å². The number of ether oxygens (including phenoxy) is 1. The van der Waals surface area contributed by atoms with Gasteiger partial charge in [0.2, 0.25) is 0 Å². The van der Waals surface area contributed by atoms with E-state index in [1.807, 2.05) is 36.9 Å². The van der Waals surface area contributed by atoms with E-state index in [-0.39, 0.29) is 12.0 Å². The van der Waals surface area contributed by atoms with E-state index >= 15 is 0 Å². The summed E-state index contributed by atoms with van der Waals surface area (Å²) in [6.07, 6.45) is 0.126. The highest BCUT2D eigenvalue weighted by molar-refractivity contribution is 9.10. The number of carbonyl (C=O) groups is 1. The van der Waals surface area contributed by atoms with Crippen LogP contribution in [0.25, 0.3) is 0 Å². The predicted molar refractivity (Wildman–Crippen MR) is 70.2 cm³/mol. The summed E-state index contributed by atoms with van der Waals surface area (Å²) in [4.78, 5) is 14.2. The Bertz CT molecular complexity index is 413. The minimum atomic E-state index is 0.0875. The summed E-state index contributed by atoms with van der Waals surface area (Å²) in [7, 11) is 0. The van der Waals surface area contributed by atoms with E-state index in [0.29, 0.717) is 19.7 Å². The van der Waals surface area contributed by atoms with E-state index in [2.05, 4.69) is 15.9 Å². The molecule has 1 saturated heterocycles. The normalized spacial score (nSPS) is 20.4. The van der Waals surface area contributed by atoms with Gasteiger partial charge in [-0.3, -0.25) is 4.79 Å². The van der Waals surface area contributed by atoms with Gasteiger partial charge >= 0.3 is 0 Å². The maximum Gasteiger partial charge on any atom is 0.254 e. The highest BCUT2D eigenvalue weighted by Gasteiger charge is 2.22. The van der Waals surface area contributed by atoms with Gasteiger partial charge in [-0.25, -0.2) is 0 Å². The number of aryl methyl sites for hydroxylation is 1. The number of nitrogens with zero attached hydrogens (tertiary/aromatic N) is 1. The van der Waals surface area contributed by atoms with Crippen LogP contribution in [0.1, 0.15) is 22.8 Å². The molecule has 1 amide bonds. The van der Waals surface area contributed by atoms with Gasteiger partial charge in [-0.05, 0) is 37.6 Å². The number of amides is 1. The lowest BCUT2D eigenvalue weighted by Gasteiger charge is -2.31. The van der Waals surface area contributed by atoms with Crippen molar-refractivity contribution in [2.24, 2.45) is 0 Å². The van der Waals surface area contributed by atoms with Crippen LogP contribution >= 0.6 is 15.9 Å². The van der Waals surface area contributed by atoms with Crippen LogP contribution in [-0.2, 0) is 4.74 Å². The van der Waals surface area contributed by atoms with E-state index in [4.69, 9.17) is 4.74 Å². The molecule has 1 atom stereocenters. The van der Waals surface area contributed by atoms with Crippen molar-refractivity contribution in [2.45, 2.75) is 20.0 Å². The highest BCUT2D eigenvalue weighted by Crippen LogP contribution is 2.18. The first-order chi connectivity index (χ1) is 8.06. The lowest BCUT2D eigenvalue weighted by molar-refractivity contribution is -0.0124. The van der Waals surface area contributed by atoms with Crippen LogP contribution in [0.4, 0.5) is 0 Å². The van der Waals surface area contributed by atoms with E-state index in [0.717, 1.165) is 15.6 Å². The number of benzene rings is 1. The fourth-order valence-electron chi connectivity index (χ4n) is 2.05. The summed E-state index contributed by atoms with van der Waals surface area (Å²) in [6, 6.07) is 5.79. The molecule has 2 rings (SSSR count). The molecule has 0 saturated carbocycles. The van der Waals surface area contributed by atoms with Crippen molar-refractivity contribution >= 4 is 21.8 Å². The Morgan fingerprint density at radius 2 is 2.24 bits per heavy atom. The summed E-state index contributed by atoms with van der Waals surface area (Å²) in [6.45, 7) is 5.95. The molecular weight excluding hydrogens is 282 g/mol. The summed E-state index contributed by atoms with van der Waals surface area (Å²) in [5.74, 6) is 0.0875. The van der Waals surface area contributed by atoms with Crippen molar-refractivity contribution in [3.63, 3.8) is 0 Å². The molecule has 1 aliphatic rings. The second-order valence-electron chi connectivity index (χ2n) is 4.45. The molecule has 4 heteroatoms. The van der Waals surface area contributed by atoms with Gasteiger partial charge in [0.1, 0.15) is 0 Å². The quantitative estimate of drug-likeness (QED) is 0.797. The minimum Gasteiger partial charge on any atom is -0.375 e. The summed E-state index contributed by atoms with van der Waals surface area (Å²) < 4.78 is 6.38. The van der Waals surface area contributed by atoms with Crippen LogP contribution < -0.4 is 0 Å². The molecule has 3 nitrogen and oxygen atoms in total. The van der Waals surface area contributed by atoms with Crippen LogP contribution in [0.2, 0.25) is 0 Å². The standard InChI is InChI=1S/C13H16BrNO2/c1-9-5-11(7-12(14)6-9)13(16)15-3-4-17-10(2)8-15/h5-7,10H,3-4,8H2,1-2H3. The maximum absolute atomic E-state index is 12.3. The summed E-state index contributed by atoms with van der Waals surface area (Å²) in [5.41, 5.74) is 1.83. The van der Waals surface area contributed by atoms with Crippen molar-refractivity contribution in [3.8, 4) is 0 Å². The number of halogens is 1. The zero-order valence-corrected chi connectivity index (χ0v) is 11.7. The number of rotatable bonds is 1. The van der Waals surface area contributed by atoms with Crippen LogP contribution in [0.15, 0.2) is 22.7 Å². The van der Waals surface area contributed by atoms with Gasteiger partial charge in [0.15, 0.2) is 0 Å². The zero-order chi connectivity index (χ0) is 12.4.